The van der Waals surface area contributed by atoms with Crippen LogP contribution in [0.4, 0.5) is 17.1 Å². The van der Waals surface area contributed by atoms with E-state index < -0.39 is 11.8 Å². The Labute approximate surface area is 169 Å². The molecule has 0 unspecified atom stereocenters. The van der Waals surface area contributed by atoms with Crippen molar-refractivity contribution in [2.45, 2.75) is 11.8 Å². The number of rotatable bonds is 5. The molecule has 0 aliphatic heterocycles. The molecule has 29 heavy (non-hydrogen) atoms. The zero-order valence-corrected chi connectivity index (χ0v) is 15.4. The Kier molecular flexibility index (Phi) is 5.87. The molecule has 3 aromatic rings. The van der Waals surface area contributed by atoms with Gasteiger partial charge in [0, 0.05) is 17.1 Å². The fourth-order valence-corrected chi connectivity index (χ4v) is 3.01. The van der Waals surface area contributed by atoms with Gasteiger partial charge in [-0.25, -0.2) is 0 Å². The lowest BCUT2D eigenvalue weighted by molar-refractivity contribution is 1.10. The van der Waals surface area contributed by atoms with Crippen LogP contribution in [0.25, 0.3) is 0 Å². The van der Waals surface area contributed by atoms with Crippen LogP contribution in [0.5, 0.6) is 0 Å². The molecule has 0 saturated heterocycles. The predicted octanol–water partition coefficient (Wildman–Crippen LogP) is 5.42. The van der Waals surface area contributed by atoms with Crippen molar-refractivity contribution < 1.29 is 0 Å². The minimum atomic E-state index is -0.803. The summed E-state index contributed by atoms with van der Waals surface area (Å²) in [7, 11) is 0. The van der Waals surface area contributed by atoms with Gasteiger partial charge in [-0.1, -0.05) is 42.5 Å². The van der Waals surface area contributed by atoms with Crippen molar-refractivity contribution in [3.05, 3.63) is 90.0 Å². The number of nitrogens with zero attached hydrogens (tertiary/aromatic N) is 5. The van der Waals surface area contributed by atoms with Gasteiger partial charge in [0.05, 0.1) is 24.3 Å². The van der Waals surface area contributed by atoms with Crippen molar-refractivity contribution in [3.63, 3.8) is 0 Å². The van der Waals surface area contributed by atoms with E-state index >= 15 is 0 Å². The van der Waals surface area contributed by atoms with Crippen molar-refractivity contribution >= 4 is 17.1 Å². The lowest BCUT2D eigenvalue weighted by atomic mass is 10.0. The summed E-state index contributed by atoms with van der Waals surface area (Å²) < 4.78 is 0. The van der Waals surface area contributed by atoms with E-state index in [4.69, 9.17) is 21.0 Å². The van der Waals surface area contributed by atoms with Crippen LogP contribution in [-0.2, 0) is 0 Å². The summed E-state index contributed by atoms with van der Waals surface area (Å²) in [4.78, 5) is 2.02. The number of nitriles is 4. The van der Waals surface area contributed by atoms with Gasteiger partial charge in [-0.3, -0.25) is 0 Å². The molecule has 0 spiro atoms. The van der Waals surface area contributed by atoms with Gasteiger partial charge in [-0.2, -0.15) is 21.0 Å². The van der Waals surface area contributed by atoms with E-state index in [2.05, 4.69) is 0 Å². The molecule has 136 valence electrons. The molecule has 0 amide bonds. The van der Waals surface area contributed by atoms with Gasteiger partial charge < -0.3 is 4.90 Å². The van der Waals surface area contributed by atoms with Crippen LogP contribution in [-0.4, -0.2) is 0 Å². The average molecular weight is 373 g/mol. The summed E-state index contributed by atoms with van der Waals surface area (Å²) >= 11 is 0. The van der Waals surface area contributed by atoms with Gasteiger partial charge in [-0.05, 0) is 47.5 Å². The Morgan fingerprint density at radius 1 is 0.483 bits per heavy atom. The highest BCUT2D eigenvalue weighted by Crippen LogP contribution is 2.35. The molecule has 0 atom stereocenters. The van der Waals surface area contributed by atoms with Crippen molar-refractivity contribution in [3.8, 4) is 24.3 Å². The summed E-state index contributed by atoms with van der Waals surface area (Å²) in [6.45, 7) is 0. The third kappa shape index (κ3) is 4.06. The first-order chi connectivity index (χ1) is 14.2. The maximum absolute atomic E-state index is 9.10. The van der Waals surface area contributed by atoms with E-state index in [0.29, 0.717) is 11.1 Å². The SMILES string of the molecule is N#CC(C#N)c1ccc(N(c2ccccc2)c2ccc(C(C#N)C#N)cc2)cc1. The summed E-state index contributed by atoms with van der Waals surface area (Å²) in [5.41, 5.74) is 3.95. The smallest absolute Gasteiger partial charge is 0.158 e. The summed E-state index contributed by atoms with van der Waals surface area (Å²) in [5, 5.41) is 36.4. The zero-order chi connectivity index (χ0) is 20.6. The third-order valence-electron chi connectivity index (χ3n) is 4.50. The van der Waals surface area contributed by atoms with Gasteiger partial charge >= 0.3 is 0 Å². The van der Waals surface area contributed by atoms with E-state index in [1.807, 2.05) is 83.8 Å². The summed E-state index contributed by atoms with van der Waals surface area (Å²) in [5.74, 6) is -1.61. The Balaban J connectivity index is 2.04. The Morgan fingerprint density at radius 3 is 1.17 bits per heavy atom. The second kappa shape index (κ2) is 8.88. The molecule has 0 fully saturated rings. The maximum Gasteiger partial charge on any atom is 0.158 e. The lowest BCUT2D eigenvalue weighted by Gasteiger charge is -2.26. The first-order valence-corrected chi connectivity index (χ1v) is 8.85. The fraction of sp³-hybridized carbons (Fsp3) is 0.0833. The number of hydrogen-bond acceptors (Lipinski definition) is 5. The average Bonchev–Trinajstić information content (AvgIpc) is 2.78. The molecule has 0 N–H and O–H groups in total. The topological polar surface area (TPSA) is 98.4 Å². The van der Waals surface area contributed by atoms with Gasteiger partial charge in [0.2, 0.25) is 0 Å². The van der Waals surface area contributed by atoms with Gasteiger partial charge in [0.1, 0.15) is 0 Å². The molecule has 0 aliphatic carbocycles. The second-order valence-electron chi connectivity index (χ2n) is 6.24. The molecule has 0 aromatic heterocycles. The van der Waals surface area contributed by atoms with Crippen LogP contribution in [0.15, 0.2) is 78.9 Å². The highest BCUT2D eigenvalue weighted by atomic mass is 15.1. The fourth-order valence-electron chi connectivity index (χ4n) is 3.01. The summed E-state index contributed by atoms with van der Waals surface area (Å²) in [6.07, 6.45) is 0. The minimum absolute atomic E-state index is 0.646. The van der Waals surface area contributed by atoms with Crippen LogP contribution < -0.4 is 4.90 Å². The Morgan fingerprint density at radius 2 is 0.828 bits per heavy atom. The lowest BCUT2D eigenvalue weighted by Crippen LogP contribution is -2.10. The quantitative estimate of drug-likeness (QED) is 0.595. The normalized spacial score (nSPS) is 9.86. The van der Waals surface area contributed by atoms with Crippen molar-refractivity contribution in [1.29, 1.82) is 21.0 Å². The van der Waals surface area contributed by atoms with E-state index in [9.17, 15) is 0 Å². The number of para-hydroxylation sites is 1. The second-order valence-corrected chi connectivity index (χ2v) is 6.24. The number of benzene rings is 3. The standard InChI is InChI=1S/C24H15N5/c25-14-20(15-26)18-6-10-23(11-7-18)29(22-4-2-1-3-5-22)24-12-8-19(9-13-24)21(16-27)17-28/h1-13,20-21H. The molecule has 0 radical (unpaired) electrons. The van der Waals surface area contributed by atoms with Crippen LogP contribution in [0.2, 0.25) is 0 Å². The highest BCUT2D eigenvalue weighted by Gasteiger charge is 2.15. The Hall–Kier alpha value is -4.58. The monoisotopic (exact) mass is 373 g/mol. The first-order valence-electron chi connectivity index (χ1n) is 8.85. The van der Waals surface area contributed by atoms with E-state index in [0.717, 1.165) is 17.1 Å². The maximum atomic E-state index is 9.10. The zero-order valence-electron chi connectivity index (χ0n) is 15.4. The molecule has 3 aromatic carbocycles. The number of anilines is 3. The molecule has 0 aliphatic rings. The summed E-state index contributed by atoms with van der Waals surface area (Å²) in [6, 6.07) is 32.3. The van der Waals surface area contributed by atoms with E-state index in [1.54, 1.807) is 24.3 Å². The first kappa shape index (κ1) is 19.2. The van der Waals surface area contributed by atoms with Gasteiger partial charge in [0.15, 0.2) is 11.8 Å². The van der Waals surface area contributed by atoms with Gasteiger partial charge in [0.25, 0.3) is 0 Å². The number of hydrogen-bond donors (Lipinski definition) is 0. The largest absolute Gasteiger partial charge is 0.311 e. The van der Waals surface area contributed by atoms with Crippen molar-refractivity contribution in [1.82, 2.24) is 0 Å². The molecule has 3 rings (SSSR count). The van der Waals surface area contributed by atoms with Crippen LogP contribution >= 0.6 is 0 Å². The minimum Gasteiger partial charge on any atom is -0.311 e. The molecular formula is C24H15N5. The van der Waals surface area contributed by atoms with Gasteiger partial charge in [-0.15, -0.1) is 0 Å². The van der Waals surface area contributed by atoms with Crippen molar-refractivity contribution in [2.24, 2.45) is 0 Å². The predicted molar refractivity (Wildman–Crippen MR) is 109 cm³/mol. The molecule has 0 heterocycles. The molecule has 0 bridgehead atoms. The third-order valence-corrected chi connectivity index (χ3v) is 4.50. The molecular weight excluding hydrogens is 358 g/mol. The van der Waals surface area contributed by atoms with Crippen LogP contribution in [0, 0.1) is 45.3 Å². The van der Waals surface area contributed by atoms with E-state index in [1.165, 1.54) is 0 Å². The molecule has 0 saturated carbocycles. The Bertz CT molecular complexity index is 1030. The molecule has 5 nitrogen and oxygen atoms in total. The van der Waals surface area contributed by atoms with E-state index in [-0.39, 0.29) is 0 Å². The van der Waals surface area contributed by atoms with Crippen LogP contribution in [0.3, 0.4) is 0 Å². The van der Waals surface area contributed by atoms with Crippen molar-refractivity contribution in [2.75, 3.05) is 4.90 Å². The van der Waals surface area contributed by atoms with Crippen LogP contribution in [0.1, 0.15) is 23.0 Å². The highest BCUT2D eigenvalue weighted by molar-refractivity contribution is 5.76. The molecule has 5 heteroatoms.